The molecule has 1 saturated carbocycles. The van der Waals surface area contributed by atoms with Crippen LogP contribution < -0.4 is 14.8 Å². The quantitative estimate of drug-likeness (QED) is 0.483. The molecular weight excluding hydrogens is 484 g/mol. The average molecular weight is 521 g/mol. The number of hydrogen-bond acceptors (Lipinski definition) is 10. The molecule has 2 fully saturated rings. The number of carbonyl (C=O) groups is 4. The van der Waals surface area contributed by atoms with Crippen molar-refractivity contribution in [1.82, 2.24) is 10.3 Å². The highest BCUT2D eigenvalue weighted by Crippen LogP contribution is 2.33. The fraction of sp³-hybridized carbons (Fsp3) is 0.654. The predicted molar refractivity (Wildman–Crippen MR) is 130 cm³/mol. The summed E-state index contributed by atoms with van der Waals surface area (Å²) in [6, 6.07) is 0.447. The normalized spacial score (nSPS) is 24.2. The first kappa shape index (κ1) is 28.4. The first-order valence-corrected chi connectivity index (χ1v) is 12.7. The Morgan fingerprint density at radius 2 is 1.92 bits per heavy atom. The number of hydrogen-bond donors (Lipinski definition) is 1. The Morgan fingerprint density at radius 1 is 1.19 bits per heavy atom. The minimum atomic E-state index is -1.00. The van der Waals surface area contributed by atoms with Crippen LogP contribution in [0.5, 0.6) is 11.5 Å². The van der Waals surface area contributed by atoms with E-state index >= 15 is 0 Å². The van der Waals surface area contributed by atoms with E-state index in [9.17, 15) is 19.2 Å². The molecule has 1 amide bonds. The predicted octanol–water partition coefficient (Wildman–Crippen LogP) is 2.59. The van der Waals surface area contributed by atoms with Crippen molar-refractivity contribution in [2.75, 3.05) is 13.7 Å². The third-order valence-corrected chi connectivity index (χ3v) is 6.06. The molecule has 37 heavy (non-hydrogen) atoms. The number of aromatic nitrogens is 1. The van der Waals surface area contributed by atoms with Crippen molar-refractivity contribution in [2.24, 2.45) is 11.8 Å². The highest BCUT2D eigenvalue weighted by molar-refractivity contribution is 5.98. The van der Waals surface area contributed by atoms with Gasteiger partial charge in [0.25, 0.3) is 5.91 Å². The van der Waals surface area contributed by atoms with Crippen LogP contribution in [0.1, 0.15) is 70.3 Å². The largest absolute Gasteiger partial charge is 0.493 e. The standard InChI is InChI=1S/C26H36N2O9/c1-14(2)13-34-20-8-6-7-18(26(32)35-15(3)22(20)37-25(31)17-9-10-17)28-24(30)21-23(36-16(4)29)19(33-5)11-12-27-21/h11-12,14-15,17-18,20,22H,6-10,13H2,1-5H3,(H,28,30)/t15-,18-,20-,22-/m0/s1. The zero-order valence-electron chi connectivity index (χ0n) is 22.0. The van der Waals surface area contributed by atoms with Crippen LogP contribution in [0.4, 0.5) is 0 Å². The number of methoxy groups -OCH3 is 1. The second-order valence-corrected chi connectivity index (χ2v) is 9.82. The number of nitrogens with one attached hydrogen (secondary N) is 1. The van der Waals surface area contributed by atoms with Crippen LogP contribution in [-0.4, -0.2) is 66.9 Å². The molecule has 1 aromatic heterocycles. The SMILES string of the molecule is COc1ccnc(C(=O)N[C@H]2CCC[C@H](OCC(C)C)[C@@H](OC(=O)C3CC3)[C@H](C)OC2=O)c1OC(C)=O. The number of esters is 3. The minimum Gasteiger partial charge on any atom is -0.493 e. The lowest BCUT2D eigenvalue weighted by Gasteiger charge is -2.31. The fourth-order valence-corrected chi connectivity index (χ4v) is 4.01. The zero-order chi connectivity index (χ0) is 27.1. The highest BCUT2D eigenvalue weighted by atomic mass is 16.6. The van der Waals surface area contributed by atoms with E-state index in [1.165, 1.54) is 26.3 Å². The molecule has 1 N–H and O–H groups in total. The van der Waals surface area contributed by atoms with Gasteiger partial charge in [0.15, 0.2) is 17.5 Å². The van der Waals surface area contributed by atoms with E-state index in [0.29, 0.717) is 19.4 Å². The summed E-state index contributed by atoms with van der Waals surface area (Å²) < 4.78 is 27.9. The van der Waals surface area contributed by atoms with Crippen LogP contribution in [-0.2, 0) is 28.6 Å². The van der Waals surface area contributed by atoms with E-state index in [4.69, 9.17) is 23.7 Å². The maximum Gasteiger partial charge on any atom is 0.329 e. The molecule has 0 unspecified atom stereocenters. The molecule has 3 rings (SSSR count). The van der Waals surface area contributed by atoms with Gasteiger partial charge in [-0.25, -0.2) is 9.78 Å². The van der Waals surface area contributed by atoms with Gasteiger partial charge in [-0.2, -0.15) is 0 Å². The maximum absolute atomic E-state index is 13.1. The van der Waals surface area contributed by atoms with Crippen molar-refractivity contribution in [3.05, 3.63) is 18.0 Å². The van der Waals surface area contributed by atoms with Crippen LogP contribution in [0, 0.1) is 11.8 Å². The summed E-state index contributed by atoms with van der Waals surface area (Å²) in [7, 11) is 1.37. The Kier molecular flexibility index (Phi) is 9.85. The third kappa shape index (κ3) is 7.88. The van der Waals surface area contributed by atoms with Crippen molar-refractivity contribution in [3.8, 4) is 11.5 Å². The van der Waals surface area contributed by atoms with Gasteiger partial charge in [-0.15, -0.1) is 0 Å². The summed E-state index contributed by atoms with van der Waals surface area (Å²) in [6.45, 7) is 7.35. The van der Waals surface area contributed by atoms with E-state index in [0.717, 1.165) is 12.8 Å². The van der Waals surface area contributed by atoms with Gasteiger partial charge in [0.1, 0.15) is 12.1 Å². The summed E-state index contributed by atoms with van der Waals surface area (Å²) in [5, 5.41) is 2.64. The minimum absolute atomic E-state index is 0.116. The van der Waals surface area contributed by atoms with E-state index < -0.39 is 42.2 Å². The van der Waals surface area contributed by atoms with Crippen LogP contribution in [0.3, 0.4) is 0 Å². The number of cyclic esters (lactones) is 1. The topological polar surface area (TPSA) is 139 Å². The number of ether oxygens (including phenoxy) is 5. The van der Waals surface area contributed by atoms with E-state index in [2.05, 4.69) is 10.3 Å². The fourth-order valence-electron chi connectivity index (χ4n) is 4.01. The Labute approximate surface area is 216 Å². The Bertz CT molecular complexity index is 992. The van der Waals surface area contributed by atoms with E-state index in [-0.39, 0.29) is 41.4 Å². The molecule has 11 nitrogen and oxygen atoms in total. The molecule has 11 heteroatoms. The van der Waals surface area contributed by atoms with Gasteiger partial charge in [-0.3, -0.25) is 14.4 Å². The molecule has 0 aromatic carbocycles. The van der Waals surface area contributed by atoms with E-state index in [1.54, 1.807) is 6.92 Å². The van der Waals surface area contributed by atoms with Crippen molar-refractivity contribution >= 4 is 23.8 Å². The first-order chi connectivity index (χ1) is 17.6. The van der Waals surface area contributed by atoms with Gasteiger partial charge < -0.3 is 29.0 Å². The molecule has 0 spiro atoms. The maximum atomic E-state index is 13.1. The molecule has 1 saturated heterocycles. The lowest BCUT2D eigenvalue weighted by atomic mass is 10.0. The zero-order valence-corrected chi connectivity index (χ0v) is 22.0. The smallest absolute Gasteiger partial charge is 0.329 e. The number of pyridine rings is 1. The van der Waals surface area contributed by atoms with Crippen LogP contribution in [0.2, 0.25) is 0 Å². The summed E-state index contributed by atoms with van der Waals surface area (Å²) in [5.74, 6) is -2.22. The van der Waals surface area contributed by atoms with Crippen molar-refractivity contribution in [2.45, 2.75) is 84.2 Å². The number of rotatable bonds is 9. The molecule has 4 atom stereocenters. The molecule has 1 aliphatic heterocycles. The lowest BCUT2D eigenvalue weighted by Crippen LogP contribution is -2.46. The highest BCUT2D eigenvalue weighted by Gasteiger charge is 2.40. The van der Waals surface area contributed by atoms with Gasteiger partial charge in [-0.05, 0) is 44.9 Å². The van der Waals surface area contributed by atoms with Gasteiger partial charge >= 0.3 is 17.9 Å². The second kappa shape index (κ2) is 12.8. The molecule has 1 aliphatic carbocycles. The summed E-state index contributed by atoms with van der Waals surface area (Å²) in [5.41, 5.74) is -0.204. The third-order valence-electron chi connectivity index (χ3n) is 6.06. The Balaban J connectivity index is 1.78. The van der Waals surface area contributed by atoms with Crippen LogP contribution >= 0.6 is 0 Å². The molecular formula is C26H36N2O9. The second-order valence-electron chi connectivity index (χ2n) is 9.82. The Morgan fingerprint density at radius 3 is 2.54 bits per heavy atom. The van der Waals surface area contributed by atoms with Gasteiger partial charge in [-0.1, -0.05) is 13.8 Å². The molecule has 0 bridgehead atoms. The van der Waals surface area contributed by atoms with Crippen LogP contribution in [0.15, 0.2) is 12.3 Å². The Hall–Kier alpha value is -3.21. The average Bonchev–Trinajstić information content (AvgIpc) is 3.68. The summed E-state index contributed by atoms with van der Waals surface area (Å²) >= 11 is 0. The lowest BCUT2D eigenvalue weighted by molar-refractivity contribution is -0.181. The molecule has 1 aromatic rings. The molecule has 2 aliphatic rings. The van der Waals surface area contributed by atoms with Crippen LogP contribution in [0.25, 0.3) is 0 Å². The monoisotopic (exact) mass is 520 g/mol. The number of amides is 1. The first-order valence-electron chi connectivity index (χ1n) is 12.7. The van der Waals surface area contributed by atoms with Gasteiger partial charge in [0, 0.05) is 25.8 Å². The number of nitrogens with zero attached hydrogens (tertiary/aromatic N) is 1. The molecule has 204 valence electrons. The number of carbonyl (C=O) groups excluding carboxylic acids is 4. The van der Waals surface area contributed by atoms with Gasteiger partial charge in [0.2, 0.25) is 5.75 Å². The summed E-state index contributed by atoms with van der Waals surface area (Å²) in [4.78, 5) is 54.3. The summed E-state index contributed by atoms with van der Waals surface area (Å²) in [6.07, 6.45) is 2.15. The molecule has 0 radical (unpaired) electrons. The molecule has 2 heterocycles. The van der Waals surface area contributed by atoms with Crippen molar-refractivity contribution < 1.29 is 42.9 Å². The van der Waals surface area contributed by atoms with Crippen molar-refractivity contribution in [1.29, 1.82) is 0 Å². The van der Waals surface area contributed by atoms with Crippen molar-refractivity contribution in [3.63, 3.8) is 0 Å². The van der Waals surface area contributed by atoms with Gasteiger partial charge in [0.05, 0.1) is 19.1 Å². The van der Waals surface area contributed by atoms with E-state index in [1.807, 2.05) is 13.8 Å².